The highest BCUT2D eigenvalue weighted by molar-refractivity contribution is 14.1. The number of rotatable bonds is 4. The van der Waals surface area contributed by atoms with Crippen molar-refractivity contribution >= 4 is 28.5 Å². The lowest BCUT2D eigenvalue weighted by atomic mass is 10.3. The minimum Gasteiger partial charge on any atom is -0.484 e. The number of likely N-dealkylation sites (N-methyl/N-ethyl adjacent to an activating group) is 1. The number of carbonyl (C=O) groups excluding carboxylic acids is 1. The molecule has 0 radical (unpaired) electrons. The number of halogens is 1. The second-order valence-electron chi connectivity index (χ2n) is 2.82. The number of carbonyl (C=O) groups is 1. The average Bonchev–Trinajstić information content (AvgIpc) is 2.26. The van der Waals surface area contributed by atoms with Gasteiger partial charge < -0.3 is 4.74 Å². The SMILES string of the molecule is CON(C)C(=O)COc1ccc(I)cc1. The molecular weight excluding hydrogens is 309 g/mol. The van der Waals surface area contributed by atoms with E-state index in [0.29, 0.717) is 5.75 Å². The van der Waals surface area contributed by atoms with Crippen LogP contribution < -0.4 is 4.74 Å². The Kier molecular flexibility index (Phi) is 4.83. The number of benzene rings is 1. The number of nitrogens with zero attached hydrogens (tertiary/aromatic N) is 1. The van der Waals surface area contributed by atoms with Crippen LogP contribution in [0.25, 0.3) is 0 Å². The molecule has 1 aromatic rings. The fraction of sp³-hybridized carbons (Fsp3) is 0.300. The van der Waals surface area contributed by atoms with Crippen LogP contribution in [0.15, 0.2) is 24.3 Å². The molecule has 5 heteroatoms. The molecule has 4 nitrogen and oxygen atoms in total. The summed E-state index contributed by atoms with van der Waals surface area (Å²) >= 11 is 2.20. The van der Waals surface area contributed by atoms with Crippen molar-refractivity contribution in [3.63, 3.8) is 0 Å². The summed E-state index contributed by atoms with van der Waals surface area (Å²) in [6, 6.07) is 7.48. The Hall–Kier alpha value is -0.820. The number of amides is 1. The molecule has 0 N–H and O–H groups in total. The van der Waals surface area contributed by atoms with Crippen LogP contribution in [-0.2, 0) is 9.63 Å². The maximum Gasteiger partial charge on any atom is 0.283 e. The van der Waals surface area contributed by atoms with Crippen LogP contribution in [0.3, 0.4) is 0 Å². The van der Waals surface area contributed by atoms with E-state index in [2.05, 4.69) is 22.6 Å². The molecule has 0 spiro atoms. The van der Waals surface area contributed by atoms with Crippen LogP contribution in [0, 0.1) is 3.57 Å². The van der Waals surface area contributed by atoms with Gasteiger partial charge in [0.15, 0.2) is 6.61 Å². The maximum atomic E-state index is 11.3. The van der Waals surface area contributed by atoms with Gasteiger partial charge in [0.25, 0.3) is 5.91 Å². The number of hydrogen-bond donors (Lipinski definition) is 0. The van der Waals surface area contributed by atoms with Gasteiger partial charge in [-0.2, -0.15) is 0 Å². The van der Waals surface area contributed by atoms with Gasteiger partial charge in [-0.05, 0) is 46.9 Å². The Bertz CT molecular complexity index is 326. The van der Waals surface area contributed by atoms with Crippen LogP contribution in [-0.4, -0.2) is 31.7 Å². The maximum absolute atomic E-state index is 11.3. The minimum atomic E-state index is -0.226. The van der Waals surface area contributed by atoms with Gasteiger partial charge in [0, 0.05) is 10.6 Å². The summed E-state index contributed by atoms with van der Waals surface area (Å²) in [5, 5.41) is 1.13. The Morgan fingerprint density at radius 2 is 2.00 bits per heavy atom. The van der Waals surface area contributed by atoms with Crippen LogP contribution in [0.2, 0.25) is 0 Å². The number of hydrogen-bond acceptors (Lipinski definition) is 3. The molecule has 0 aliphatic heterocycles. The highest BCUT2D eigenvalue weighted by Crippen LogP contribution is 2.13. The van der Waals surface area contributed by atoms with Gasteiger partial charge in [-0.3, -0.25) is 9.63 Å². The van der Waals surface area contributed by atoms with Gasteiger partial charge in [0.1, 0.15) is 5.75 Å². The van der Waals surface area contributed by atoms with Crippen LogP contribution in [0.5, 0.6) is 5.75 Å². The molecule has 0 bridgehead atoms. The molecule has 0 unspecified atom stereocenters. The first-order chi connectivity index (χ1) is 7.13. The Morgan fingerprint density at radius 3 is 2.53 bits per heavy atom. The molecule has 0 atom stereocenters. The summed E-state index contributed by atoms with van der Waals surface area (Å²) in [7, 11) is 2.97. The molecule has 0 aliphatic rings. The van der Waals surface area contributed by atoms with E-state index in [9.17, 15) is 4.79 Å². The van der Waals surface area contributed by atoms with E-state index in [0.717, 1.165) is 8.63 Å². The normalized spacial score (nSPS) is 9.80. The van der Waals surface area contributed by atoms with Crippen LogP contribution in [0.1, 0.15) is 0 Å². The van der Waals surface area contributed by atoms with Crippen molar-refractivity contribution in [2.24, 2.45) is 0 Å². The molecule has 0 aliphatic carbocycles. The average molecular weight is 321 g/mol. The summed E-state index contributed by atoms with van der Waals surface area (Å²) < 4.78 is 6.40. The lowest BCUT2D eigenvalue weighted by Crippen LogP contribution is -2.30. The molecule has 82 valence electrons. The molecule has 1 rings (SSSR count). The third kappa shape index (κ3) is 4.05. The lowest BCUT2D eigenvalue weighted by molar-refractivity contribution is -0.170. The largest absolute Gasteiger partial charge is 0.484 e. The third-order valence-electron chi connectivity index (χ3n) is 1.80. The van der Waals surface area contributed by atoms with E-state index in [1.54, 1.807) is 7.05 Å². The molecular formula is C10H12INO3. The van der Waals surface area contributed by atoms with E-state index in [1.165, 1.54) is 7.11 Å². The Balaban J connectivity index is 2.43. The van der Waals surface area contributed by atoms with Gasteiger partial charge in [0.05, 0.1) is 7.11 Å². The predicted octanol–water partition coefficient (Wildman–Crippen LogP) is 1.69. The van der Waals surface area contributed by atoms with Crippen LogP contribution in [0.4, 0.5) is 0 Å². The fourth-order valence-corrected chi connectivity index (χ4v) is 1.23. The molecule has 1 amide bonds. The Labute approximate surface area is 102 Å². The van der Waals surface area contributed by atoms with Gasteiger partial charge in [0.2, 0.25) is 0 Å². The topological polar surface area (TPSA) is 38.8 Å². The van der Waals surface area contributed by atoms with Gasteiger partial charge in [-0.1, -0.05) is 0 Å². The van der Waals surface area contributed by atoms with Crippen molar-refractivity contribution in [1.82, 2.24) is 5.06 Å². The smallest absolute Gasteiger partial charge is 0.283 e. The second kappa shape index (κ2) is 5.92. The highest BCUT2D eigenvalue weighted by atomic mass is 127. The molecule has 0 heterocycles. The lowest BCUT2D eigenvalue weighted by Gasteiger charge is -2.13. The van der Waals surface area contributed by atoms with E-state index in [-0.39, 0.29) is 12.5 Å². The van der Waals surface area contributed by atoms with Gasteiger partial charge >= 0.3 is 0 Å². The summed E-state index contributed by atoms with van der Waals surface area (Å²) in [6.45, 7) is -0.0229. The fourth-order valence-electron chi connectivity index (χ4n) is 0.869. The van der Waals surface area contributed by atoms with E-state index in [4.69, 9.17) is 9.57 Å². The van der Waals surface area contributed by atoms with Crippen molar-refractivity contribution in [1.29, 1.82) is 0 Å². The molecule has 15 heavy (non-hydrogen) atoms. The van der Waals surface area contributed by atoms with Crippen molar-refractivity contribution in [2.75, 3.05) is 20.8 Å². The van der Waals surface area contributed by atoms with Gasteiger partial charge in [-0.15, -0.1) is 0 Å². The summed E-state index contributed by atoms with van der Waals surface area (Å²) in [5.74, 6) is 0.448. The number of ether oxygens (including phenoxy) is 1. The van der Waals surface area contributed by atoms with Crippen molar-refractivity contribution in [3.8, 4) is 5.75 Å². The highest BCUT2D eigenvalue weighted by Gasteiger charge is 2.08. The zero-order valence-electron chi connectivity index (χ0n) is 8.57. The quantitative estimate of drug-likeness (QED) is 0.626. The van der Waals surface area contributed by atoms with Crippen LogP contribution >= 0.6 is 22.6 Å². The summed E-state index contributed by atoms with van der Waals surface area (Å²) in [5.41, 5.74) is 0. The molecule has 1 aromatic carbocycles. The summed E-state index contributed by atoms with van der Waals surface area (Å²) in [4.78, 5) is 16.0. The molecule has 0 aromatic heterocycles. The molecule has 0 saturated heterocycles. The summed E-state index contributed by atoms with van der Waals surface area (Å²) in [6.07, 6.45) is 0. The monoisotopic (exact) mass is 321 g/mol. The first-order valence-electron chi connectivity index (χ1n) is 4.32. The Morgan fingerprint density at radius 1 is 1.40 bits per heavy atom. The predicted molar refractivity (Wildman–Crippen MR) is 64.4 cm³/mol. The number of hydroxylamine groups is 2. The molecule has 0 saturated carbocycles. The van der Waals surface area contributed by atoms with Gasteiger partial charge in [-0.25, -0.2) is 5.06 Å². The van der Waals surface area contributed by atoms with E-state index in [1.807, 2.05) is 24.3 Å². The van der Waals surface area contributed by atoms with Crippen molar-refractivity contribution in [3.05, 3.63) is 27.8 Å². The zero-order valence-corrected chi connectivity index (χ0v) is 10.7. The van der Waals surface area contributed by atoms with Crippen molar-refractivity contribution in [2.45, 2.75) is 0 Å². The van der Waals surface area contributed by atoms with E-state index >= 15 is 0 Å². The zero-order chi connectivity index (χ0) is 11.3. The standard InChI is InChI=1S/C10H12INO3/c1-12(14-2)10(13)7-15-9-5-3-8(11)4-6-9/h3-6H,7H2,1-2H3. The third-order valence-corrected chi connectivity index (χ3v) is 2.52. The second-order valence-corrected chi connectivity index (χ2v) is 4.06. The first kappa shape index (κ1) is 12.3. The van der Waals surface area contributed by atoms with E-state index < -0.39 is 0 Å². The molecule has 0 fully saturated rings. The first-order valence-corrected chi connectivity index (χ1v) is 5.40. The minimum absolute atomic E-state index is 0.0229. The van der Waals surface area contributed by atoms with Crippen molar-refractivity contribution < 1.29 is 14.4 Å².